The van der Waals surface area contributed by atoms with Gasteiger partial charge in [0.05, 0.1) is 0 Å². The summed E-state index contributed by atoms with van der Waals surface area (Å²) in [6.07, 6.45) is 9.89. The van der Waals surface area contributed by atoms with Crippen LogP contribution in [0.25, 0.3) is 0 Å². The van der Waals surface area contributed by atoms with Crippen molar-refractivity contribution in [3.63, 3.8) is 0 Å². The second-order valence-corrected chi connectivity index (χ2v) is 6.87. The monoisotopic (exact) mass is 316 g/mol. The summed E-state index contributed by atoms with van der Waals surface area (Å²) in [5, 5.41) is 6.77. The van der Waals surface area contributed by atoms with Crippen molar-refractivity contribution in [1.29, 1.82) is 0 Å². The molecule has 0 bridgehead atoms. The van der Waals surface area contributed by atoms with Gasteiger partial charge < -0.3 is 10.6 Å². The molecule has 2 rings (SSSR count). The topological polar surface area (TPSA) is 41.1 Å². The zero-order valence-corrected chi connectivity index (χ0v) is 15.0. The first-order valence-electron chi connectivity index (χ1n) is 9.27. The number of aryl methyl sites for hydroxylation is 1. The fourth-order valence-electron chi connectivity index (χ4n) is 3.56. The van der Waals surface area contributed by atoms with Crippen LogP contribution in [0.2, 0.25) is 0 Å². The Hall–Kier alpha value is -1.35. The average Bonchev–Trinajstić information content (AvgIpc) is 2.53. The Kier molecular flexibility index (Phi) is 7.10. The Bertz CT molecular complexity index is 512. The minimum Gasteiger partial charge on any atom is -0.326 e. The molecule has 2 atom stereocenters. The van der Waals surface area contributed by atoms with Crippen LogP contribution < -0.4 is 10.6 Å². The van der Waals surface area contributed by atoms with Crippen LogP contribution >= 0.6 is 0 Å². The summed E-state index contributed by atoms with van der Waals surface area (Å²) < 4.78 is 0. The smallest absolute Gasteiger partial charge is 0.221 e. The average molecular weight is 316 g/mol. The van der Waals surface area contributed by atoms with E-state index >= 15 is 0 Å². The van der Waals surface area contributed by atoms with Crippen molar-refractivity contribution in [3.8, 4) is 0 Å². The Balaban J connectivity index is 1.93. The molecule has 2 N–H and O–H groups in total. The van der Waals surface area contributed by atoms with Crippen molar-refractivity contribution in [1.82, 2.24) is 5.32 Å². The molecule has 23 heavy (non-hydrogen) atoms. The van der Waals surface area contributed by atoms with Gasteiger partial charge in [0.2, 0.25) is 5.91 Å². The number of carbonyl (C=O) groups is 1. The molecular weight excluding hydrogens is 284 g/mol. The molecule has 1 aromatic carbocycles. The first-order valence-corrected chi connectivity index (χ1v) is 9.27. The third-order valence-electron chi connectivity index (χ3n) is 4.88. The maximum atomic E-state index is 11.2. The number of amides is 1. The van der Waals surface area contributed by atoms with Gasteiger partial charge in [-0.15, -0.1) is 0 Å². The molecule has 0 aliphatic heterocycles. The normalized spacial score (nSPS) is 18.3. The van der Waals surface area contributed by atoms with Gasteiger partial charge in [-0.05, 0) is 55.4 Å². The number of fused-ring (bicyclic) bond motifs is 1. The summed E-state index contributed by atoms with van der Waals surface area (Å²) in [5.74, 6) is -0.00240. The molecule has 3 nitrogen and oxygen atoms in total. The van der Waals surface area contributed by atoms with Crippen molar-refractivity contribution >= 4 is 11.6 Å². The molecule has 1 aromatic rings. The number of benzene rings is 1. The fraction of sp³-hybridized carbons (Fsp3) is 0.650. The fourth-order valence-corrected chi connectivity index (χ4v) is 3.56. The van der Waals surface area contributed by atoms with Crippen LogP contribution in [0.3, 0.4) is 0 Å². The lowest BCUT2D eigenvalue weighted by molar-refractivity contribution is -0.114. The highest BCUT2D eigenvalue weighted by atomic mass is 16.1. The summed E-state index contributed by atoms with van der Waals surface area (Å²) in [6.45, 7) is 6.11. The molecule has 0 heterocycles. The van der Waals surface area contributed by atoms with Crippen LogP contribution in [-0.2, 0) is 17.6 Å². The van der Waals surface area contributed by atoms with Crippen molar-refractivity contribution < 1.29 is 4.79 Å². The summed E-state index contributed by atoms with van der Waals surface area (Å²) in [6, 6.07) is 7.57. The van der Waals surface area contributed by atoms with Crippen LogP contribution in [0, 0.1) is 0 Å². The molecule has 0 aromatic heterocycles. The van der Waals surface area contributed by atoms with E-state index in [0.717, 1.165) is 18.5 Å². The van der Waals surface area contributed by atoms with Gasteiger partial charge in [-0.2, -0.15) is 0 Å². The van der Waals surface area contributed by atoms with E-state index in [4.69, 9.17) is 0 Å². The summed E-state index contributed by atoms with van der Waals surface area (Å²) >= 11 is 0. The largest absolute Gasteiger partial charge is 0.326 e. The SMILES string of the molecule is CCCCCC(CC)NC1CCc2ccc(NC(C)=O)cc2C1. The van der Waals surface area contributed by atoms with Gasteiger partial charge >= 0.3 is 0 Å². The quantitative estimate of drug-likeness (QED) is 0.696. The summed E-state index contributed by atoms with van der Waals surface area (Å²) in [7, 11) is 0. The second kappa shape index (κ2) is 9.07. The van der Waals surface area contributed by atoms with Gasteiger partial charge in [0.15, 0.2) is 0 Å². The molecule has 0 radical (unpaired) electrons. The molecule has 1 amide bonds. The van der Waals surface area contributed by atoms with Crippen LogP contribution in [0.5, 0.6) is 0 Å². The Morgan fingerprint density at radius 1 is 1.26 bits per heavy atom. The van der Waals surface area contributed by atoms with Crippen LogP contribution in [-0.4, -0.2) is 18.0 Å². The van der Waals surface area contributed by atoms with E-state index in [1.165, 1.54) is 49.7 Å². The second-order valence-electron chi connectivity index (χ2n) is 6.87. The number of hydrogen-bond acceptors (Lipinski definition) is 2. The van der Waals surface area contributed by atoms with Crippen molar-refractivity contribution in [2.75, 3.05) is 5.32 Å². The number of anilines is 1. The highest BCUT2D eigenvalue weighted by Crippen LogP contribution is 2.25. The van der Waals surface area contributed by atoms with E-state index < -0.39 is 0 Å². The van der Waals surface area contributed by atoms with Gasteiger partial charge in [0, 0.05) is 24.7 Å². The molecule has 1 aliphatic rings. The molecule has 128 valence electrons. The van der Waals surface area contributed by atoms with Gasteiger partial charge in [-0.25, -0.2) is 0 Å². The van der Waals surface area contributed by atoms with E-state index in [2.05, 4.69) is 36.6 Å². The standard InChI is InChI=1S/C20H32N2O/c1-4-6-7-8-18(5-2)22-20-12-10-16-9-11-19(21-15(3)23)13-17(16)14-20/h9,11,13,18,20,22H,4-8,10,12,14H2,1-3H3,(H,21,23). The molecule has 0 saturated carbocycles. The number of hydrogen-bond donors (Lipinski definition) is 2. The van der Waals surface area contributed by atoms with Crippen molar-refractivity contribution in [2.45, 2.75) is 84.2 Å². The van der Waals surface area contributed by atoms with Gasteiger partial charge in [0.25, 0.3) is 0 Å². The van der Waals surface area contributed by atoms with Gasteiger partial charge in [-0.3, -0.25) is 4.79 Å². The Morgan fingerprint density at radius 3 is 2.78 bits per heavy atom. The highest BCUT2D eigenvalue weighted by molar-refractivity contribution is 5.88. The molecule has 0 fully saturated rings. The first kappa shape index (κ1) is 18.0. The van der Waals surface area contributed by atoms with Crippen molar-refractivity contribution in [3.05, 3.63) is 29.3 Å². The zero-order valence-electron chi connectivity index (χ0n) is 15.0. The maximum Gasteiger partial charge on any atom is 0.221 e. The number of nitrogens with one attached hydrogen (secondary N) is 2. The molecule has 0 spiro atoms. The molecular formula is C20H32N2O. The number of rotatable bonds is 8. The lowest BCUT2D eigenvalue weighted by Crippen LogP contribution is -2.41. The summed E-state index contributed by atoms with van der Waals surface area (Å²) in [5.41, 5.74) is 3.76. The Morgan fingerprint density at radius 2 is 2.09 bits per heavy atom. The third-order valence-corrected chi connectivity index (χ3v) is 4.88. The van der Waals surface area contributed by atoms with Gasteiger partial charge in [0.1, 0.15) is 0 Å². The minimum absolute atomic E-state index is 0.00240. The van der Waals surface area contributed by atoms with Crippen LogP contribution in [0.15, 0.2) is 18.2 Å². The maximum absolute atomic E-state index is 11.2. The van der Waals surface area contributed by atoms with Crippen molar-refractivity contribution in [2.24, 2.45) is 0 Å². The third kappa shape index (κ3) is 5.65. The lowest BCUT2D eigenvalue weighted by atomic mass is 9.87. The molecule has 2 unspecified atom stereocenters. The lowest BCUT2D eigenvalue weighted by Gasteiger charge is -2.30. The highest BCUT2D eigenvalue weighted by Gasteiger charge is 2.21. The Labute approximate surface area is 141 Å². The number of carbonyl (C=O) groups excluding carboxylic acids is 1. The molecule has 3 heteroatoms. The van der Waals surface area contributed by atoms with Crippen LogP contribution in [0.1, 0.15) is 70.4 Å². The van der Waals surface area contributed by atoms with E-state index in [9.17, 15) is 4.79 Å². The molecule has 1 aliphatic carbocycles. The summed E-state index contributed by atoms with van der Waals surface area (Å²) in [4.78, 5) is 11.2. The predicted molar refractivity (Wildman–Crippen MR) is 97.9 cm³/mol. The van der Waals surface area contributed by atoms with E-state index in [0.29, 0.717) is 12.1 Å². The van der Waals surface area contributed by atoms with E-state index in [-0.39, 0.29) is 5.91 Å². The van der Waals surface area contributed by atoms with Crippen LogP contribution in [0.4, 0.5) is 5.69 Å². The minimum atomic E-state index is -0.00240. The van der Waals surface area contributed by atoms with E-state index in [1.54, 1.807) is 6.92 Å². The number of unbranched alkanes of at least 4 members (excludes halogenated alkanes) is 2. The molecule has 0 saturated heterocycles. The zero-order chi connectivity index (χ0) is 16.7. The predicted octanol–water partition coefficient (Wildman–Crippen LogP) is 4.45. The first-order chi connectivity index (χ1) is 11.1. The van der Waals surface area contributed by atoms with Gasteiger partial charge in [-0.1, -0.05) is 39.2 Å². The van der Waals surface area contributed by atoms with E-state index in [1.807, 2.05) is 6.07 Å².